The lowest BCUT2D eigenvalue weighted by Crippen LogP contribution is -2.47. The van der Waals surface area contributed by atoms with Crippen LogP contribution < -0.4 is 5.19 Å². The van der Waals surface area contributed by atoms with Crippen LogP contribution >= 0.6 is 0 Å². The summed E-state index contributed by atoms with van der Waals surface area (Å²) in [6.07, 6.45) is 2.81. The molecule has 1 unspecified atom stereocenters. The minimum atomic E-state index is -1.60. The van der Waals surface area contributed by atoms with Gasteiger partial charge in [0.25, 0.3) is 0 Å². The Hall–Kier alpha value is -0.863. The van der Waals surface area contributed by atoms with E-state index in [1.807, 2.05) is 26.0 Å². The molecule has 17 heavy (non-hydrogen) atoms. The van der Waals surface area contributed by atoms with Gasteiger partial charge in [-0.2, -0.15) is 0 Å². The van der Waals surface area contributed by atoms with Gasteiger partial charge in [-0.05, 0) is 25.8 Å². The molecule has 0 aliphatic carbocycles. The summed E-state index contributed by atoms with van der Waals surface area (Å²) in [5, 5.41) is 11.4. The topological polar surface area (TPSA) is 20.2 Å². The lowest BCUT2D eigenvalue weighted by Gasteiger charge is -2.34. The maximum Gasteiger partial charge on any atom is 0.0874 e. The van der Waals surface area contributed by atoms with Crippen LogP contribution in [0.25, 0.3) is 0 Å². The predicted molar refractivity (Wildman–Crippen MR) is 78.4 cm³/mol. The van der Waals surface area contributed by atoms with Gasteiger partial charge < -0.3 is 5.11 Å². The van der Waals surface area contributed by atoms with Crippen molar-refractivity contribution in [3.05, 3.63) is 43.0 Å². The fraction of sp³-hybridized carbons (Fsp3) is 0.467. The van der Waals surface area contributed by atoms with E-state index >= 15 is 0 Å². The lowest BCUT2D eigenvalue weighted by atomic mass is 10.0. The zero-order chi connectivity index (χ0) is 13.1. The second kappa shape index (κ2) is 5.19. The van der Waals surface area contributed by atoms with Gasteiger partial charge in [-0.15, -0.1) is 6.58 Å². The molecule has 2 heteroatoms. The molecule has 1 atom stereocenters. The monoisotopic (exact) mass is 248 g/mol. The average Bonchev–Trinajstić information content (AvgIpc) is 2.25. The average molecular weight is 248 g/mol. The Bertz CT molecular complexity index is 362. The Morgan fingerprint density at radius 1 is 1.29 bits per heavy atom. The second-order valence-corrected chi connectivity index (χ2v) is 10.7. The molecule has 1 nitrogen and oxygen atoms in total. The summed E-state index contributed by atoms with van der Waals surface area (Å²) in [6.45, 7) is 12.4. The second-order valence-electron chi connectivity index (χ2n) is 5.95. The first kappa shape index (κ1) is 14.2. The van der Waals surface area contributed by atoms with Gasteiger partial charge >= 0.3 is 0 Å². The van der Waals surface area contributed by atoms with Crippen LogP contribution in [0.4, 0.5) is 0 Å². The van der Waals surface area contributed by atoms with Crippen LogP contribution in [0.3, 0.4) is 0 Å². The van der Waals surface area contributed by atoms with Crippen LogP contribution in [0.15, 0.2) is 43.0 Å². The van der Waals surface area contributed by atoms with Crippen molar-refractivity contribution in [3.63, 3.8) is 0 Å². The van der Waals surface area contributed by atoms with Gasteiger partial charge in [0.1, 0.15) is 0 Å². The summed E-state index contributed by atoms with van der Waals surface area (Å²) in [5.41, 5.74) is -0.234. The first-order chi connectivity index (χ1) is 7.77. The normalized spacial score (nSPS) is 14.4. The van der Waals surface area contributed by atoms with E-state index in [-0.39, 0.29) is 0 Å². The molecule has 0 heterocycles. The van der Waals surface area contributed by atoms with E-state index in [0.29, 0.717) is 5.54 Å². The molecule has 1 aromatic rings. The summed E-state index contributed by atoms with van der Waals surface area (Å²) in [4.78, 5) is 0. The van der Waals surface area contributed by atoms with Crippen LogP contribution in [-0.4, -0.2) is 18.8 Å². The smallest absolute Gasteiger partial charge is 0.0874 e. The van der Waals surface area contributed by atoms with E-state index in [9.17, 15) is 5.11 Å². The first-order valence-corrected chi connectivity index (χ1v) is 9.25. The summed E-state index contributed by atoms with van der Waals surface area (Å²) >= 11 is 0. The summed E-state index contributed by atoms with van der Waals surface area (Å²) in [7, 11) is -1.60. The van der Waals surface area contributed by atoms with E-state index in [2.05, 4.69) is 43.9 Å². The molecule has 0 spiro atoms. The number of hydrogen-bond donors (Lipinski definition) is 1. The van der Waals surface area contributed by atoms with Crippen molar-refractivity contribution < 1.29 is 5.11 Å². The molecule has 0 bridgehead atoms. The van der Waals surface area contributed by atoms with E-state index in [0.717, 1.165) is 6.42 Å². The Morgan fingerprint density at radius 2 is 1.82 bits per heavy atom. The highest BCUT2D eigenvalue weighted by molar-refractivity contribution is 6.91. The highest BCUT2D eigenvalue weighted by Gasteiger charge is 2.34. The van der Waals surface area contributed by atoms with Gasteiger partial charge in [-0.1, -0.05) is 54.7 Å². The highest BCUT2D eigenvalue weighted by atomic mass is 28.3. The van der Waals surface area contributed by atoms with Crippen molar-refractivity contribution in [1.29, 1.82) is 0 Å². The quantitative estimate of drug-likeness (QED) is 0.626. The molecule has 0 aliphatic heterocycles. The zero-order valence-corrected chi connectivity index (χ0v) is 12.4. The molecular formula is C15H24OSi. The molecule has 1 N–H and O–H groups in total. The standard InChI is InChI=1S/C15H24OSi/c1-6-13(12-15(2,3)16)17(4,5)14-10-8-7-9-11-14/h6-11,13,16H,1,12H2,2-5H3. The third-order valence-corrected chi connectivity index (χ3v) is 7.56. The number of benzene rings is 1. The minimum absolute atomic E-state index is 0.393. The van der Waals surface area contributed by atoms with Crippen LogP contribution in [-0.2, 0) is 0 Å². The van der Waals surface area contributed by atoms with Crippen LogP contribution in [0.2, 0.25) is 18.6 Å². The molecule has 1 rings (SSSR count). The van der Waals surface area contributed by atoms with E-state index in [4.69, 9.17) is 0 Å². The molecule has 0 aromatic heterocycles. The Kier molecular flexibility index (Phi) is 4.34. The highest BCUT2D eigenvalue weighted by Crippen LogP contribution is 2.31. The minimum Gasteiger partial charge on any atom is -0.390 e. The maximum atomic E-state index is 10.0. The third kappa shape index (κ3) is 3.82. The van der Waals surface area contributed by atoms with Crippen LogP contribution in [0.1, 0.15) is 20.3 Å². The zero-order valence-electron chi connectivity index (χ0n) is 11.4. The largest absolute Gasteiger partial charge is 0.390 e. The van der Waals surface area contributed by atoms with Gasteiger partial charge in [-0.25, -0.2) is 0 Å². The van der Waals surface area contributed by atoms with Crippen molar-refractivity contribution in [2.24, 2.45) is 0 Å². The fourth-order valence-electron chi connectivity index (χ4n) is 2.25. The molecule has 0 fully saturated rings. The summed E-state index contributed by atoms with van der Waals surface area (Å²) in [6, 6.07) is 10.6. The van der Waals surface area contributed by atoms with Crippen molar-refractivity contribution in [3.8, 4) is 0 Å². The van der Waals surface area contributed by atoms with Crippen molar-refractivity contribution in [2.75, 3.05) is 0 Å². The Balaban J connectivity index is 2.98. The SMILES string of the molecule is C=CC(CC(C)(C)O)[Si](C)(C)c1ccccc1. The fourth-order valence-corrected chi connectivity index (χ4v) is 5.33. The molecule has 1 aromatic carbocycles. The van der Waals surface area contributed by atoms with Gasteiger partial charge in [0.15, 0.2) is 0 Å². The van der Waals surface area contributed by atoms with Gasteiger partial charge in [0.05, 0.1) is 13.7 Å². The molecular weight excluding hydrogens is 224 g/mol. The molecule has 0 saturated carbocycles. The van der Waals surface area contributed by atoms with Gasteiger partial charge in [0.2, 0.25) is 0 Å². The summed E-state index contributed by atoms with van der Waals surface area (Å²) < 4.78 is 0. The van der Waals surface area contributed by atoms with Crippen molar-refractivity contribution in [2.45, 2.75) is 44.5 Å². The number of allylic oxidation sites excluding steroid dienone is 1. The van der Waals surface area contributed by atoms with E-state index in [1.165, 1.54) is 5.19 Å². The molecule has 0 aliphatic rings. The molecule has 0 radical (unpaired) electrons. The number of hydrogen-bond acceptors (Lipinski definition) is 1. The van der Waals surface area contributed by atoms with Gasteiger partial charge in [0, 0.05) is 0 Å². The lowest BCUT2D eigenvalue weighted by molar-refractivity contribution is 0.0717. The third-order valence-electron chi connectivity index (χ3n) is 3.45. The van der Waals surface area contributed by atoms with E-state index < -0.39 is 13.7 Å². The number of aliphatic hydroxyl groups is 1. The van der Waals surface area contributed by atoms with Crippen molar-refractivity contribution >= 4 is 13.3 Å². The van der Waals surface area contributed by atoms with E-state index in [1.54, 1.807) is 0 Å². The Labute approximate surface area is 106 Å². The van der Waals surface area contributed by atoms with Crippen molar-refractivity contribution in [1.82, 2.24) is 0 Å². The van der Waals surface area contributed by atoms with Crippen LogP contribution in [0, 0.1) is 0 Å². The Morgan fingerprint density at radius 3 is 2.24 bits per heavy atom. The number of rotatable bonds is 5. The maximum absolute atomic E-state index is 10.0. The molecule has 94 valence electrons. The summed E-state index contributed by atoms with van der Waals surface area (Å²) in [5.74, 6) is 0. The molecule has 0 saturated heterocycles. The predicted octanol–water partition coefficient (Wildman–Crippen LogP) is 3.32. The van der Waals surface area contributed by atoms with Crippen LogP contribution in [0.5, 0.6) is 0 Å². The molecule has 0 amide bonds. The first-order valence-electron chi connectivity index (χ1n) is 6.18. The van der Waals surface area contributed by atoms with Gasteiger partial charge in [-0.3, -0.25) is 0 Å².